The summed E-state index contributed by atoms with van der Waals surface area (Å²) < 4.78 is 26.3. The van der Waals surface area contributed by atoms with Crippen LogP contribution in [0.3, 0.4) is 0 Å². The molecule has 0 heterocycles. The number of carbonyl (C=O) groups is 1. The van der Waals surface area contributed by atoms with E-state index in [9.17, 15) is 13.2 Å². The van der Waals surface area contributed by atoms with Crippen LogP contribution in [0.5, 0.6) is 0 Å². The van der Waals surface area contributed by atoms with Gasteiger partial charge in [0, 0.05) is 17.5 Å². The molecule has 0 saturated carbocycles. The molecular weight excluding hydrogens is 360 g/mol. The van der Waals surface area contributed by atoms with Crippen LogP contribution in [0, 0.1) is 19.3 Å². The predicted molar refractivity (Wildman–Crippen MR) is 107 cm³/mol. The summed E-state index contributed by atoms with van der Waals surface area (Å²) in [6, 6.07) is 13.9. The molecule has 0 unspecified atom stereocenters. The molecule has 142 valence electrons. The van der Waals surface area contributed by atoms with Crippen LogP contribution >= 0.6 is 0 Å². The van der Waals surface area contributed by atoms with E-state index in [2.05, 4.69) is 35.9 Å². The maximum absolute atomic E-state index is 12.4. The zero-order valence-corrected chi connectivity index (χ0v) is 16.6. The molecule has 0 radical (unpaired) electrons. The summed E-state index contributed by atoms with van der Waals surface area (Å²) in [6.45, 7) is 6.54. The zero-order valence-electron chi connectivity index (χ0n) is 15.7. The van der Waals surface area contributed by atoms with Crippen molar-refractivity contribution < 1.29 is 13.2 Å². The summed E-state index contributed by atoms with van der Waals surface area (Å²) in [5.41, 5.74) is 2.47. The SMILES string of the molecule is C#CCNS(=O)(=O)c1ccc(C(=O)NCC(C)(C)c2cccc(C)c2)cc1. The highest BCUT2D eigenvalue weighted by Crippen LogP contribution is 2.23. The number of amides is 1. The Morgan fingerprint density at radius 2 is 1.81 bits per heavy atom. The van der Waals surface area contributed by atoms with Crippen molar-refractivity contribution in [2.45, 2.75) is 31.1 Å². The van der Waals surface area contributed by atoms with Gasteiger partial charge >= 0.3 is 0 Å². The van der Waals surface area contributed by atoms with E-state index in [1.165, 1.54) is 29.8 Å². The fraction of sp³-hybridized carbons (Fsp3) is 0.286. The molecule has 0 saturated heterocycles. The summed E-state index contributed by atoms with van der Waals surface area (Å²) >= 11 is 0. The van der Waals surface area contributed by atoms with Crippen molar-refractivity contribution in [1.82, 2.24) is 10.0 Å². The number of aryl methyl sites for hydroxylation is 1. The summed E-state index contributed by atoms with van der Waals surface area (Å²) in [5, 5.41) is 2.92. The molecule has 0 bridgehead atoms. The Labute approximate surface area is 161 Å². The highest BCUT2D eigenvalue weighted by molar-refractivity contribution is 7.89. The van der Waals surface area contributed by atoms with Crippen molar-refractivity contribution in [2.24, 2.45) is 0 Å². The molecular formula is C21H24N2O3S. The molecule has 5 nitrogen and oxygen atoms in total. The summed E-state index contributed by atoms with van der Waals surface area (Å²) in [7, 11) is -3.66. The molecule has 0 atom stereocenters. The van der Waals surface area contributed by atoms with Crippen LogP contribution in [0.1, 0.15) is 35.3 Å². The summed E-state index contributed by atoms with van der Waals surface area (Å²) in [4.78, 5) is 12.5. The first kappa shape index (κ1) is 20.7. The van der Waals surface area contributed by atoms with Crippen LogP contribution in [0.15, 0.2) is 53.4 Å². The minimum absolute atomic E-state index is 0.0643. The van der Waals surface area contributed by atoms with Gasteiger partial charge in [-0.25, -0.2) is 8.42 Å². The Bertz CT molecular complexity index is 956. The van der Waals surface area contributed by atoms with Crippen LogP contribution in [-0.2, 0) is 15.4 Å². The number of terminal acetylenes is 1. The van der Waals surface area contributed by atoms with E-state index in [1.807, 2.05) is 25.1 Å². The Morgan fingerprint density at radius 1 is 1.15 bits per heavy atom. The van der Waals surface area contributed by atoms with Gasteiger partial charge in [-0.2, -0.15) is 4.72 Å². The maximum atomic E-state index is 12.4. The number of hydrogen-bond acceptors (Lipinski definition) is 3. The Hall–Kier alpha value is -2.62. The van der Waals surface area contributed by atoms with E-state index in [0.717, 1.165) is 5.56 Å². The number of benzene rings is 2. The molecule has 0 spiro atoms. The average molecular weight is 385 g/mol. The van der Waals surface area contributed by atoms with Gasteiger partial charge in [0.15, 0.2) is 0 Å². The number of nitrogens with one attached hydrogen (secondary N) is 2. The molecule has 2 N–H and O–H groups in total. The molecule has 1 amide bonds. The first-order valence-electron chi connectivity index (χ1n) is 8.54. The van der Waals surface area contributed by atoms with Crippen molar-refractivity contribution in [3.05, 3.63) is 65.2 Å². The summed E-state index contributed by atoms with van der Waals surface area (Å²) in [5.74, 6) is 1.96. The topological polar surface area (TPSA) is 75.3 Å². The van der Waals surface area contributed by atoms with E-state index in [1.54, 1.807) is 0 Å². The number of carbonyl (C=O) groups excluding carboxylic acids is 1. The lowest BCUT2D eigenvalue weighted by molar-refractivity contribution is 0.0945. The largest absolute Gasteiger partial charge is 0.351 e. The molecule has 0 aromatic heterocycles. The molecule has 6 heteroatoms. The predicted octanol–water partition coefficient (Wildman–Crippen LogP) is 2.61. The lowest BCUT2D eigenvalue weighted by Gasteiger charge is -2.26. The van der Waals surface area contributed by atoms with E-state index < -0.39 is 10.0 Å². The first-order chi connectivity index (χ1) is 12.7. The van der Waals surface area contributed by atoms with Gasteiger partial charge in [-0.1, -0.05) is 49.6 Å². The van der Waals surface area contributed by atoms with Crippen LogP contribution in [-0.4, -0.2) is 27.4 Å². The van der Waals surface area contributed by atoms with Crippen LogP contribution in [0.25, 0.3) is 0 Å². The molecule has 2 aromatic rings. The summed E-state index contributed by atoms with van der Waals surface area (Å²) in [6.07, 6.45) is 5.07. The van der Waals surface area contributed by atoms with Crippen molar-refractivity contribution in [3.8, 4) is 12.3 Å². The van der Waals surface area contributed by atoms with Crippen molar-refractivity contribution in [3.63, 3.8) is 0 Å². The third-order valence-corrected chi connectivity index (χ3v) is 5.70. The second-order valence-corrected chi connectivity index (χ2v) is 8.76. The highest BCUT2D eigenvalue weighted by atomic mass is 32.2. The first-order valence-corrected chi connectivity index (χ1v) is 10.0. The Morgan fingerprint density at radius 3 is 2.41 bits per heavy atom. The monoisotopic (exact) mass is 384 g/mol. The normalized spacial score (nSPS) is 11.6. The molecule has 2 aromatic carbocycles. The Kier molecular flexibility index (Phi) is 6.42. The van der Waals surface area contributed by atoms with Crippen LogP contribution < -0.4 is 10.0 Å². The third-order valence-electron chi connectivity index (χ3n) is 4.28. The van der Waals surface area contributed by atoms with E-state index in [0.29, 0.717) is 12.1 Å². The van der Waals surface area contributed by atoms with Crippen LogP contribution in [0.2, 0.25) is 0 Å². The fourth-order valence-corrected chi connectivity index (χ4v) is 3.51. The van der Waals surface area contributed by atoms with E-state index in [4.69, 9.17) is 6.42 Å². The van der Waals surface area contributed by atoms with Gasteiger partial charge in [0.25, 0.3) is 5.91 Å². The minimum Gasteiger partial charge on any atom is -0.351 e. The van der Waals surface area contributed by atoms with Crippen molar-refractivity contribution >= 4 is 15.9 Å². The zero-order chi connectivity index (χ0) is 20.1. The molecule has 0 aliphatic heterocycles. The van der Waals surface area contributed by atoms with E-state index in [-0.39, 0.29) is 22.8 Å². The smallest absolute Gasteiger partial charge is 0.251 e. The maximum Gasteiger partial charge on any atom is 0.251 e. The van der Waals surface area contributed by atoms with Gasteiger partial charge in [-0.05, 0) is 36.8 Å². The molecule has 0 aliphatic rings. The van der Waals surface area contributed by atoms with Gasteiger partial charge in [0.2, 0.25) is 10.0 Å². The van der Waals surface area contributed by atoms with Crippen molar-refractivity contribution in [2.75, 3.05) is 13.1 Å². The van der Waals surface area contributed by atoms with Gasteiger partial charge in [0.1, 0.15) is 0 Å². The number of hydrogen-bond donors (Lipinski definition) is 2. The molecule has 0 fully saturated rings. The lowest BCUT2D eigenvalue weighted by atomic mass is 9.84. The van der Waals surface area contributed by atoms with Gasteiger partial charge < -0.3 is 5.32 Å². The minimum atomic E-state index is -3.66. The van der Waals surface area contributed by atoms with Gasteiger partial charge in [-0.15, -0.1) is 6.42 Å². The van der Waals surface area contributed by atoms with Crippen LogP contribution in [0.4, 0.5) is 0 Å². The van der Waals surface area contributed by atoms with E-state index >= 15 is 0 Å². The standard InChI is InChI=1S/C21H24N2O3S/c1-5-13-23-27(25,26)19-11-9-17(10-12-19)20(24)22-15-21(3,4)18-8-6-7-16(2)14-18/h1,6-12,14,23H,13,15H2,2-4H3,(H,22,24). The quantitative estimate of drug-likeness (QED) is 0.721. The molecule has 27 heavy (non-hydrogen) atoms. The molecule has 2 rings (SSSR count). The highest BCUT2D eigenvalue weighted by Gasteiger charge is 2.22. The van der Waals surface area contributed by atoms with Crippen molar-refractivity contribution in [1.29, 1.82) is 0 Å². The second-order valence-electron chi connectivity index (χ2n) is 6.99. The third kappa shape index (κ3) is 5.43. The molecule has 0 aliphatic carbocycles. The second kappa shape index (κ2) is 8.38. The number of sulfonamides is 1. The lowest BCUT2D eigenvalue weighted by Crippen LogP contribution is -2.36. The van der Waals surface area contributed by atoms with Gasteiger partial charge in [-0.3, -0.25) is 4.79 Å². The fourth-order valence-electron chi connectivity index (χ4n) is 2.58. The number of rotatable bonds is 7. The van der Waals surface area contributed by atoms with Gasteiger partial charge in [0.05, 0.1) is 11.4 Å². The average Bonchev–Trinajstić information content (AvgIpc) is 2.64. The Balaban J connectivity index is 2.05.